The minimum Gasteiger partial charge on any atom is -0.466 e. The molecule has 1 atom stereocenters. The van der Waals surface area contributed by atoms with Crippen molar-refractivity contribution in [1.82, 2.24) is 10.5 Å². The molecule has 1 amide bonds. The van der Waals surface area contributed by atoms with Gasteiger partial charge in [0, 0.05) is 12.0 Å². The monoisotopic (exact) mass is 276 g/mol. The zero-order valence-electron chi connectivity index (χ0n) is 11.1. The summed E-state index contributed by atoms with van der Waals surface area (Å²) in [5, 5.41) is 16.6. The Balaban J connectivity index is 1.61. The smallest absolute Gasteiger partial charge is 0.273 e. The maximum atomic E-state index is 11.9. The van der Waals surface area contributed by atoms with E-state index in [0.29, 0.717) is 11.7 Å². The van der Waals surface area contributed by atoms with E-state index in [2.05, 4.69) is 10.5 Å². The van der Waals surface area contributed by atoms with Crippen LogP contribution in [0.5, 0.6) is 0 Å². The molecule has 2 N–H and O–H groups in total. The fourth-order valence-corrected chi connectivity index (χ4v) is 1.97. The second kappa shape index (κ2) is 4.79. The zero-order chi connectivity index (χ0) is 14.2. The molecule has 106 valence electrons. The number of aliphatic hydroxyl groups is 1. The number of hydrogen-bond donors (Lipinski definition) is 2. The van der Waals surface area contributed by atoms with Crippen LogP contribution in [0.1, 0.15) is 47.7 Å². The Kier molecular flexibility index (Phi) is 3.10. The number of nitrogens with one attached hydrogen (secondary N) is 1. The molecule has 0 unspecified atom stereocenters. The molecule has 2 aromatic heterocycles. The summed E-state index contributed by atoms with van der Waals surface area (Å²) in [5.74, 6) is 1.20. The first-order valence-electron chi connectivity index (χ1n) is 6.57. The number of hydrogen-bond acceptors (Lipinski definition) is 5. The molecule has 1 aliphatic rings. The third kappa shape index (κ3) is 2.60. The fraction of sp³-hybridized carbons (Fsp3) is 0.429. The molecular weight excluding hydrogens is 260 g/mol. The van der Waals surface area contributed by atoms with Crippen LogP contribution in [0.15, 0.2) is 33.4 Å². The molecule has 0 bridgehead atoms. The van der Waals surface area contributed by atoms with Crippen LogP contribution in [0.2, 0.25) is 0 Å². The standard InChI is InChI=1S/C14H16N2O4/c1-14(18,12-3-2-6-19-12)8-15-13(17)10-7-11(20-16-10)9-4-5-9/h2-3,6-7,9,18H,4-5,8H2,1H3,(H,15,17)/t14-/m0/s1. The van der Waals surface area contributed by atoms with Gasteiger partial charge >= 0.3 is 0 Å². The number of carbonyl (C=O) groups is 1. The number of rotatable bonds is 5. The molecule has 1 aliphatic carbocycles. The lowest BCUT2D eigenvalue weighted by Crippen LogP contribution is -2.38. The predicted molar refractivity (Wildman–Crippen MR) is 69.1 cm³/mol. The maximum absolute atomic E-state index is 11.9. The van der Waals surface area contributed by atoms with Crippen LogP contribution < -0.4 is 5.32 Å². The lowest BCUT2D eigenvalue weighted by atomic mass is 10.0. The van der Waals surface area contributed by atoms with E-state index >= 15 is 0 Å². The third-order valence-electron chi connectivity index (χ3n) is 3.39. The molecule has 6 heteroatoms. The molecule has 0 saturated heterocycles. The van der Waals surface area contributed by atoms with Crippen LogP contribution in [-0.2, 0) is 5.60 Å². The number of nitrogens with zero attached hydrogens (tertiary/aromatic N) is 1. The molecule has 0 aromatic carbocycles. The van der Waals surface area contributed by atoms with E-state index in [9.17, 15) is 9.90 Å². The highest BCUT2D eigenvalue weighted by molar-refractivity contribution is 5.92. The average molecular weight is 276 g/mol. The summed E-state index contributed by atoms with van der Waals surface area (Å²) in [7, 11) is 0. The van der Waals surface area contributed by atoms with E-state index in [1.165, 1.54) is 6.26 Å². The number of carbonyl (C=O) groups excluding carboxylic acids is 1. The summed E-state index contributed by atoms with van der Waals surface area (Å²) in [4.78, 5) is 11.9. The quantitative estimate of drug-likeness (QED) is 0.869. The first-order valence-corrected chi connectivity index (χ1v) is 6.57. The minimum atomic E-state index is -1.26. The van der Waals surface area contributed by atoms with Crippen LogP contribution in [0.25, 0.3) is 0 Å². The van der Waals surface area contributed by atoms with E-state index in [1.54, 1.807) is 25.1 Å². The van der Waals surface area contributed by atoms with Gasteiger partial charge in [0.05, 0.1) is 12.8 Å². The molecule has 3 rings (SSSR count). The molecule has 6 nitrogen and oxygen atoms in total. The second-order valence-corrected chi connectivity index (χ2v) is 5.32. The zero-order valence-corrected chi connectivity index (χ0v) is 11.1. The van der Waals surface area contributed by atoms with Crippen molar-refractivity contribution in [3.05, 3.63) is 41.7 Å². The Morgan fingerprint density at radius 2 is 2.40 bits per heavy atom. The van der Waals surface area contributed by atoms with Gasteiger partial charge in [-0.05, 0) is 31.9 Å². The summed E-state index contributed by atoms with van der Waals surface area (Å²) in [6.07, 6.45) is 3.65. The van der Waals surface area contributed by atoms with Crippen molar-refractivity contribution in [1.29, 1.82) is 0 Å². The van der Waals surface area contributed by atoms with Crippen molar-refractivity contribution in [2.75, 3.05) is 6.54 Å². The summed E-state index contributed by atoms with van der Waals surface area (Å²) in [5.41, 5.74) is -1.02. The third-order valence-corrected chi connectivity index (χ3v) is 3.39. The highest BCUT2D eigenvalue weighted by Crippen LogP contribution is 2.40. The summed E-state index contributed by atoms with van der Waals surface area (Å²) >= 11 is 0. The van der Waals surface area contributed by atoms with Gasteiger partial charge in [-0.3, -0.25) is 4.79 Å². The van der Waals surface area contributed by atoms with E-state index in [0.717, 1.165) is 18.6 Å². The van der Waals surface area contributed by atoms with Crippen molar-refractivity contribution < 1.29 is 18.8 Å². The minimum absolute atomic E-state index is 0.0327. The second-order valence-electron chi connectivity index (χ2n) is 5.32. The summed E-state index contributed by atoms with van der Waals surface area (Å²) < 4.78 is 10.3. The number of amides is 1. The van der Waals surface area contributed by atoms with Crippen molar-refractivity contribution in [3.8, 4) is 0 Å². The average Bonchev–Trinajstić information content (AvgIpc) is 2.97. The molecule has 2 aromatic rings. The molecule has 1 fully saturated rings. The van der Waals surface area contributed by atoms with E-state index in [4.69, 9.17) is 8.94 Å². The number of aromatic nitrogens is 1. The first-order chi connectivity index (χ1) is 9.56. The van der Waals surface area contributed by atoms with Crippen LogP contribution in [0.3, 0.4) is 0 Å². The summed E-state index contributed by atoms with van der Waals surface area (Å²) in [6, 6.07) is 5.01. The molecule has 0 radical (unpaired) electrons. The first kappa shape index (κ1) is 12.9. The Hall–Kier alpha value is -2.08. The SMILES string of the molecule is C[C@](O)(CNC(=O)c1cc(C2CC2)on1)c1ccco1. The van der Waals surface area contributed by atoms with Gasteiger partial charge in [0.2, 0.25) is 0 Å². The van der Waals surface area contributed by atoms with Gasteiger partial charge < -0.3 is 19.4 Å². The van der Waals surface area contributed by atoms with E-state index < -0.39 is 5.60 Å². The fourth-order valence-electron chi connectivity index (χ4n) is 1.97. The van der Waals surface area contributed by atoms with E-state index in [-0.39, 0.29) is 18.1 Å². The lowest BCUT2D eigenvalue weighted by molar-refractivity contribution is 0.0329. The van der Waals surface area contributed by atoms with Gasteiger partial charge in [-0.2, -0.15) is 0 Å². The van der Waals surface area contributed by atoms with Gasteiger partial charge in [0.1, 0.15) is 17.1 Å². The molecule has 20 heavy (non-hydrogen) atoms. The summed E-state index contributed by atoms with van der Waals surface area (Å²) in [6.45, 7) is 1.61. The van der Waals surface area contributed by atoms with Crippen LogP contribution in [0, 0.1) is 0 Å². The van der Waals surface area contributed by atoms with Gasteiger partial charge in [-0.1, -0.05) is 5.16 Å². The van der Waals surface area contributed by atoms with Crippen LogP contribution in [0.4, 0.5) is 0 Å². The Morgan fingerprint density at radius 1 is 1.60 bits per heavy atom. The van der Waals surface area contributed by atoms with Crippen LogP contribution in [-0.4, -0.2) is 22.7 Å². The van der Waals surface area contributed by atoms with Crippen molar-refractivity contribution in [3.63, 3.8) is 0 Å². The molecule has 0 aliphatic heterocycles. The Morgan fingerprint density at radius 3 is 3.05 bits per heavy atom. The molecular formula is C14H16N2O4. The Labute approximate surface area is 115 Å². The lowest BCUT2D eigenvalue weighted by Gasteiger charge is -2.20. The predicted octanol–water partition coefficient (Wildman–Crippen LogP) is 1.78. The van der Waals surface area contributed by atoms with Crippen LogP contribution >= 0.6 is 0 Å². The molecule has 1 saturated carbocycles. The van der Waals surface area contributed by atoms with Gasteiger partial charge in [0.25, 0.3) is 5.91 Å². The van der Waals surface area contributed by atoms with E-state index in [1.807, 2.05) is 0 Å². The molecule has 2 heterocycles. The highest BCUT2D eigenvalue weighted by atomic mass is 16.5. The van der Waals surface area contributed by atoms with Gasteiger partial charge in [-0.25, -0.2) is 0 Å². The topological polar surface area (TPSA) is 88.5 Å². The van der Waals surface area contributed by atoms with Gasteiger partial charge in [0.15, 0.2) is 5.69 Å². The highest BCUT2D eigenvalue weighted by Gasteiger charge is 2.30. The van der Waals surface area contributed by atoms with Gasteiger partial charge in [-0.15, -0.1) is 0 Å². The van der Waals surface area contributed by atoms with Crippen molar-refractivity contribution in [2.24, 2.45) is 0 Å². The molecule has 0 spiro atoms. The maximum Gasteiger partial charge on any atom is 0.273 e. The largest absolute Gasteiger partial charge is 0.466 e. The number of furan rings is 1. The van der Waals surface area contributed by atoms with Crippen molar-refractivity contribution >= 4 is 5.91 Å². The van der Waals surface area contributed by atoms with Crippen molar-refractivity contribution in [2.45, 2.75) is 31.3 Å². The normalized spacial score (nSPS) is 17.7. The Bertz CT molecular complexity index is 596.